The molecule has 1 aromatic rings. The molecule has 3 atom stereocenters. The molecular formula is C13H23N3O2. The van der Waals surface area contributed by atoms with E-state index in [1.54, 1.807) is 13.3 Å². The highest BCUT2D eigenvalue weighted by Gasteiger charge is 2.35. The van der Waals surface area contributed by atoms with E-state index >= 15 is 0 Å². The summed E-state index contributed by atoms with van der Waals surface area (Å²) in [6.07, 6.45) is 3.07. The second kappa shape index (κ2) is 5.71. The van der Waals surface area contributed by atoms with Crippen molar-refractivity contribution in [2.75, 3.05) is 20.3 Å². The van der Waals surface area contributed by atoms with Crippen molar-refractivity contribution in [1.29, 1.82) is 0 Å². The Hall–Kier alpha value is -1.07. The first kappa shape index (κ1) is 13.4. The third-order valence-corrected chi connectivity index (χ3v) is 3.66. The Morgan fingerprint density at radius 2 is 2.44 bits per heavy atom. The zero-order valence-electron chi connectivity index (χ0n) is 11.6. The molecule has 2 heterocycles. The van der Waals surface area contributed by atoms with E-state index < -0.39 is 0 Å². The molecule has 0 aliphatic carbocycles. The van der Waals surface area contributed by atoms with Gasteiger partial charge in [0.05, 0.1) is 31.1 Å². The van der Waals surface area contributed by atoms with Crippen LogP contribution in [0.1, 0.15) is 32.0 Å². The molecule has 5 heteroatoms. The predicted molar refractivity (Wildman–Crippen MR) is 69.7 cm³/mol. The average molecular weight is 253 g/mol. The van der Waals surface area contributed by atoms with Crippen LogP contribution in [0.25, 0.3) is 0 Å². The Morgan fingerprint density at radius 1 is 1.67 bits per heavy atom. The standard InChI is InChI=1S/C13H23N3O2/c1-5-14-11(13-9(2)6-7-18-13)12-10(17-4)8-15-16(12)3/h8-9,11,13-14H,5-7H2,1-4H3. The molecular weight excluding hydrogens is 230 g/mol. The molecule has 1 N–H and O–H groups in total. The molecule has 0 radical (unpaired) electrons. The van der Waals surface area contributed by atoms with Crippen molar-refractivity contribution in [2.24, 2.45) is 13.0 Å². The van der Waals surface area contributed by atoms with Crippen LogP contribution < -0.4 is 10.1 Å². The number of aromatic nitrogens is 2. The maximum Gasteiger partial charge on any atom is 0.161 e. The van der Waals surface area contributed by atoms with Gasteiger partial charge >= 0.3 is 0 Å². The summed E-state index contributed by atoms with van der Waals surface area (Å²) >= 11 is 0. The summed E-state index contributed by atoms with van der Waals surface area (Å²) in [4.78, 5) is 0. The summed E-state index contributed by atoms with van der Waals surface area (Å²) < 4.78 is 13.2. The highest BCUT2D eigenvalue weighted by Crippen LogP contribution is 2.34. The van der Waals surface area contributed by atoms with Gasteiger partial charge < -0.3 is 14.8 Å². The third-order valence-electron chi connectivity index (χ3n) is 3.66. The molecule has 0 saturated carbocycles. The molecule has 0 amide bonds. The van der Waals surface area contributed by atoms with Gasteiger partial charge in [-0.1, -0.05) is 13.8 Å². The van der Waals surface area contributed by atoms with E-state index in [2.05, 4.69) is 24.3 Å². The Kier molecular flexibility index (Phi) is 4.24. The normalized spacial score (nSPS) is 25.3. The van der Waals surface area contributed by atoms with Crippen molar-refractivity contribution in [1.82, 2.24) is 15.1 Å². The van der Waals surface area contributed by atoms with Crippen LogP contribution in [0.4, 0.5) is 0 Å². The second-order valence-electron chi connectivity index (χ2n) is 4.86. The monoisotopic (exact) mass is 253 g/mol. The lowest BCUT2D eigenvalue weighted by molar-refractivity contribution is 0.0579. The molecule has 5 nitrogen and oxygen atoms in total. The minimum Gasteiger partial charge on any atom is -0.493 e. The van der Waals surface area contributed by atoms with Crippen molar-refractivity contribution in [3.8, 4) is 5.75 Å². The van der Waals surface area contributed by atoms with Gasteiger partial charge in [-0.2, -0.15) is 5.10 Å². The van der Waals surface area contributed by atoms with E-state index in [4.69, 9.17) is 9.47 Å². The molecule has 0 bridgehead atoms. The molecule has 1 fully saturated rings. The second-order valence-corrected chi connectivity index (χ2v) is 4.86. The number of rotatable bonds is 5. The first-order chi connectivity index (χ1) is 8.69. The van der Waals surface area contributed by atoms with Crippen molar-refractivity contribution in [2.45, 2.75) is 32.4 Å². The molecule has 1 aromatic heterocycles. The van der Waals surface area contributed by atoms with Gasteiger partial charge in [0.25, 0.3) is 0 Å². The number of nitrogens with one attached hydrogen (secondary N) is 1. The van der Waals surface area contributed by atoms with Crippen LogP contribution in [0.2, 0.25) is 0 Å². The lowest BCUT2D eigenvalue weighted by Gasteiger charge is -2.27. The minimum absolute atomic E-state index is 0.134. The fraction of sp³-hybridized carbons (Fsp3) is 0.769. The first-order valence-electron chi connectivity index (χ1n) is 6.59. The molecule has 102 valence electrons. The fourth-order valence-corrected chi connectivity index (χ4v) is 2.67. The van der Waals surface area contributed by atoms with Crippen molar-refractivity contribution in [3.63, 3.8) is 0 Å². The highest BCUT2D eigenvalue weighted by molar-refractivity contribution is 5.29. The van der Waals surface area contributed by atoms with Crippen LogP contribution in [-0.4, -0.2) is 36.1 Å². The van der Waals surface area contributed by atoms with E-state index in [0.29, 0.717) is 5.92 Å². The SMILES string of the molecule is CCNC(c1c(OC)cnn1C)C1OCCC1C. The van der Waals surface area contributed by atoms with Crippen molar-refractivity contribution < 1.29 is 9.47 Å². The average Bonchev–Trinajstić information content (AvgIpc) is 2.93. The third kappa shape index (κ3) is 2.37. The molecule has 0 spiro atoms. The zero-order chi connectivity index (χ0) is 13.1. The van der Waals surface area contributed by atoms with Crippen molar-refractivity contribution >= 4 is 0 Å². The van der Waals surface area contributed by atoms with Crippen LogP contribution in [-0.2, 0) is 11.8 Å². The smallest absolute Gasteiger partial charge is 0.161 e. The number of likely N-dealkylation sites (N-methyl/N-ethyl adjacent to an activating group) is 1. The maximum atomic E-state index is 5.90. The minimum atomic E-state index is 0.134. The van der Waals surface area contributed by atoms with Gasteiger partial charge in [-0.3, -0.25) is 4.68 Å². The summed E-state index contributed by atoms with van der Waals surface area (Å²) in [6.45, 7) is 6.08. The maximum absolute atomic E-state index is 5.90. The lowest BCUT2D eigenvalue weighted by atomic mass is 9.95. The van der Waals surface area contributed by atoms with E-state index in [-0.39, 0.29) is 12.1 Å². The molecule has 2 rings (SSSR count). The molecule has 1 aliphatic rings. The van der Waals surface area contributed by atoms with Crippen LogP contribution in [0.15, 0.2) is 6.20 Å². The first-order valence-corrected chi connectivity index (χ1v) is 6.59. The molecule has 1 saturated heterocycles. The van der Waals surface area contributed by atoms with Crippen LogP contribution in [0.3, 0.4) is 0 Å². The van der Waals surface area contributed by atoms with Gasteiger partial charge in [-0.05, 0) is 18.9 Å². The van der Waals surface area contributed by atoms with Gasteiger partial charge in [0, 0.05) is 13.7 Å². The van der Waals surface area contributed by atoms with Gasteiger partial charge in [0.1, 0.15) is 0 Å². The summed E-state index contributed by atoms with van der Waals surface area (Å²) in [5, 5.41) is 7.79. The Morgan fingerprint density at radius 3 is 3.00 bits per heavy atom. The Balaban J connectivity index is 2.31. The van der Waals surface area contributed by atoms with Gasteiger partial charge in [0.15, 0.2) is 5.75 Å². The van der Waals surface area contributed by atoms with Crippen LogP contribution >= 0.6 is 0 Å². The Bertz CT molecular complexity index is 392. The molecule has 1 aliphatic heterocycles. The number of aryl methyl sites for hydroxylation is 1. The molecule has 3 unspecified atom stereocenters. The highest BCUT2D eigenvalue weighted by atomic mass is 16.5. The van der Waals surface area contributed by atoms with Crippen LogP contribution in [0.5, 0.6) is 5.75 Å². The lowest BCUT2D eigenvalue weighted by Crippen LogP contribution is -2.36. The summed E-state index contributed by atoms with van der Waals surface area (Å²) in [5.41, 5.74) is 1.07. The molecule has 18 heavy (non-hydrogen) atoms. The summed E-state index contributed by atoms with van der Waals surface area (Å²) in [6, 6.07) is 0.134. The topological polar surface area (TPSA) is 48.3 Å². The largest absolute Gasteiger partial charge is 0.493 e. The number of methoxy groups -OCH3 is 1. The quantitative estimate of drug-likeness (QED) is 0.864. The number of ether oxygens (including phenoxy) is 2. The Labute approximate surface area is 108 Å². The van der Waals surface area contributed by atoms with Gasteiger partial charge in [0.2, 0.25) is 0 Å². The number of hydrogen-bond acceptors (Lipinski definition) is 4. The fourth-order valence-electron chi connectivity index (χ4n) is 2.67. The number of hydrogen-bond donors (Lipinski definition) is 1. The van der Waals surface area contributed by atoms with Gasteiger partial charge in [-0.25, -0.2) is 0 Å². The van der Waals surface area contributed by atoms with E-state index in [0.717, 1.165) is 31.0 Å². The van der Waals surface area contributed by atoms with Crippen LogP contribution in [0, 0.1) is 5.92 Å². The zero-order valence-corrected chi connectivity index (χ0v) is 11.6. The van der Waals surface area contributed by atoms with E-state index in [1.807, 2.05) is 11.7 Å². The van der Waals surface area contributed by atoms with Crippen molar-refractivity contribution in [3.05, 3.63) is 11.9 Å². The summed E-state index contributed by atoms with van der Waals surface area (Å²) in [5.74, 6) is 1.37. The predicted octanol–water partition coefficient (Wildman–Crippen LogP) is 1.50. The van der Waals surface area contributed by atoms with Gasteiger partial charge in [-0.15, -0.1) is 0 Å². The molecule has 0 aromatic carbocycles. The number of nitrogens with zero attached hydrogens (tertiary/aromatic N) is 2. The summed E-state index contributed by atoms with van der Waals surface area (Å²) in [7, 11) is 3.63. The van der Waals surface area contributed by atoms with E-state index in [1.165, 1.54) is 0 Å². The van der Waals surface area contributed by atoms with E-state index in [9.17, 15) is 0 Å².